The van der Waals surface area contributed by atoms with Crippen LogP contribution >= 0.6 is 0 Å². The smallest absolute Gasteiger partial charge is 0.119 e. The lowest BCUT2D eigenvalue weighted by Crippen LogP contribution is -1.99. The molecular formula is C32H34N4O4. The molecule has 4 rings (SSSR count). The predicted molar refractivity (Wildman–Crippen MR) is 157 cm³/mol. The van der Waals surface area contributed by atoms with Crippen LogP contribution in [-0.4, -0.2) is 27.4 Å². The number of ether oxygens (including phenoxy) is 4. The van der Waals surface area contributed by atoms with Crippen molar-refractivity contribution in [2.45, 2.75) is 25.7 Å². The van der Waals surface area contributed by atoms with E-state index in [1.165, 1.54) is 0 Å². The van der Waals surface area contributed by atoms with E-state index in [-0.39, 0.29) is 0 Å². The molecule has 0 aromatic heterocycles. The summed E-state index contributed by atoms with van der Waals surface area (Å²) in [6, 6.07) is 30.2. The fraction of sp³-hybridized carbons (Fsp3) is 0.250. The third kappa shape index (κ3) is 9.54. The van der Waals surface area contributed by atoms with Crippen molar-refractivity contribution in [2.24, 2.45) is 20.5 Å². The molecule has 0 unspecified atom stereocenters. The van der Waals surface area contributed by atoms with E-state index in [0.29, 0.717) is 13.2 Å². The Hall–Kier alpha value is -4.72. The normalized spacial score (nSPS) is 11.2. The molecule has 0 spiro atoms. The number of benzene rings is 4. The van der Waals surface area contributed by atoms with Crippen LogP contribution in [-0.2, 0) is 0 Å². The van der Waals surface area contributed by atoms with Gasteiger partial charge in [-0.15, -0.1) is 0 Å². The van der Waals surface area contributed by atoms with Gasteiger partial charge in [0.15, 0.2) is 0 Å². The third-order valence-electron chi connectivity index (χ3n) is 5.96. The lowest BCUT2D eigenvalue weighted by atomic mass is 10.2. The summed E-state index contributed by atoms with van der Waals surface area (Å²) >= 11 is 0. The van der Waals surface area contributed by atoms with Crippen LogP contribution in [0.25, 0.3) is 0 Å². The zero-order valence-corrected chi connectivity index (χ0v) is 22.9. The number of hydrogen-bond donors (Lipinski definition) is 0. The molecule has 0 aliphatic carbocycles. The maximum absolute atomic E-state index is 5.86. The van der Waals surface area contributed by atoms with Crippen LogP contribution < -0.4 is 18.9 Å². The molecule has 0 N–H and O–H groups in total. The van der Waals surface area contributed by atoms with E-state index in [1.54, 1.807) is 14.2 Å². The van der Waals surface area contributed by atoms with Gasteiger partial charge in [-0.05, 0) is 123 Å². The zero-order valence-electron chi connectivity index (χ0n) is 22.9. The first kappa shape index (κ1) is 28.3. The highest BCUT2D eigenvalue weighted by molar-refractivity contribution is 5.45. The largest absolute Gasteiger partial charge is 0.497 e. The van der Waals surface area contributed by atoms with Gasteiger partial charge in [-0.3, -0.25) is 0 Å². The molecule has 0 amide bonds. The molecule has 0 aliphatic heterocycles. The number of hydrogen-bond acceptors (Lipinski definition) is 8. The Bertz CT molecular complexity index is 1230. The Balaban J connectivity index is 1.06. The first-order chi connectivity index (χ1) is 19.7. The van der Waals surface area contributed by atoms with Crippen LogP contribution in [0, 0.1) is 0 Å². The van der Waals surface area contributed by atoms with Crippen molar-refractivity contribution >= 4 is 22.7 Å². The van der Waals surface area contributed by atoms with Gasteiger partial charge in [0, 0.05) is 0 Å². The first-order valence-corrected chi connectivity index (χ1v) is 13.3. The van der Waals surface area contributed by atoms with Crippen LogP contribution in [0.4, 0.5) is 22.7 Å². The second-order valence-corrected chi connectivity index (χ2v) is 8.89. The van der Waals surface area contributed by atoms with Gasteiger partial charge in [-0.1, -0.05) is 0 Å². The quantitative estimate of drug-likeness (QED) is 0.111. The van der Waals surface area contributed by atoms with E-state index in [2.05, 4.69) is 20.5 Å². The summed E-state index contributed by atoms with van der Waals surface area (Å²) in [7, 11) is 3.28. The van der Waals surface area contributed by atoms with Gasteiger partial charge >= 0.3 is 0 Å². The fourth-order valence-electron chi connectivity index (χ4n) is 3.68. The molecular weight excluding hydrogens is 504 g/mol. The molecule has 206 valence electrons. The minimum absolute atomic E-state index is 0.681. The molecule has 0 saturated heterocycles. The number of methoxy groups -OCH3 is 2. The van der Waals surface area contributed by atoms with Gasteiger partial charge in [0.25, 0.3) is 0 Å². The van der Waals surface area contributed by atoms with Crippen LogP contribution in [0.5, 0.6) is 23.0 Å². The zero-order chi connectivity index (χ0) is 27.8. The average Bonchev–Trinajstić information content (AvgIpc) is 3.02. The summed E-state index contributed by atoms with van der Waals surface area (Å²) in [5, 5.41) is 17.0. The van der Waals surface area contributed by atoms with Crippen molar-refractivity contribution in [2.75, 3.05) is 27.4 Å². The van der Waals surface area contributed by atoms with E-state index in [9.17, 15) is 0 Å². The lowest BCUT2D eigenvalue weighted by molar-refractivity contribution is 0.287. The van der Waals surface area contributed by atoms with Crippen LogP contribution in [0.2, 0.25) is 0 Å². The average molecular weight is 539 g/mol. The molecule has 8 heteroatoms. The van der Waals surface area contributed by atoms with Crippen LogP contribution in [0.3, 0.4) is 0 Å². The first-order valence-electron chi connectivity index (χ1n) is 13.3. The summed E-state index contributed by atoms with van der Waals surface area (Å²) in [5.41, 5.74) is 3.09. The molecule has 0 saturated carbocycles. The standard InChI is InChI=1S/C32H34N4O4/c1-37-29-15-7-25(8-16-29)33-35-27-11-19-31(20-12-27)39-23-5-3-4-6-24-40-32-21-13-28(14-22-32)36-34-26-9-17-30(38-2)18-10-26/h7-22H,3-6,23-24H2,1-2H3. The number of azo groups is 2. The molecule has 0 bridgehead atoms. The second-order valence-electron chi connectivity index (χ2n) is 8.89. The third-order valence-corrected chi connectivity index (χ3v) is 5.96. The van der Waals surface area contributed by atoms with Crippen molar-refractivity contribution in [3.05, 3.63) is 97.1 Å². The Morgan fingerprint density at radius 1 is 0.375 bits per heavy atom. The van der Waals surface area contributed by atoms with E-state index >= 15 is 0 Å². The summed E-state index contributed by atoms with van der Waals surface area (Å²) in [5.74, 6) is 3.25. The summed E-state index contributed by atoms with van der Waals surface area (Å²) < 4.78 is 22.0. The van der Waals surface area contributed by atoms with Crippen molar-refractivity contribution in [1.29, 1.82) is 0 Å². The monoisotopic (exact) mass is 538 g/mol. The van der Waals surface area contributed by atoms with E-state index in [0.717, 1.165) is 71.4 Å². The lowest BCUT2D eigenvalue weighted by Gasteiger charge is -2.07. The Morgan fingerprint density at radius 2 is 0.650 bits per heavy atom. The van der Waals surface area contributed by atoms with Crippen LogP contribution in [0.1, 0.15) is 25.7 Å². The maximum Gasteiger partial charge on any atom is 0.119 e. The van der Waals surface area contributed by atoms with E-state index < -0.39 is 0 Å². The summed E-state index contributed by atoms with van der Waals surface area (Å²) in [6.45, 7) is 1.36. The highest BCUT2D eigenvalue weighted by Crippen LogP contribution is 2.24. The van der Waals surface area contributed by atoms with Gasteiger partial charge in [0.05, 0.1) is 50.2 Å². The highest BCUT2D eigenvalue weighted by Gasteiger charge is 1.99. The summed E-state index contributed by atoms with van der Waals surface area (Å²) in [6.07, 6.45) is 4.16. The maximum atomic E-state index is 5.86. The van der Waals surface area contributed by atoms with Crippen molar-refractivity contribution in [1.82, 2.24) is 0 Å². The summed E-state index contributed by atoms with van der Waals surface area (Å²) in [4.78, 5) is 0. The molecule has 4 aromatic carbocycles. The number of unbranched alkanes of at least 4 members (excludes halogenated alkanes) is 3. The Kier molecular flexibility index (Phi) is 11.1. The van der Waals surface area contributed by atoms with Crippen molar-refractivity contribution in [3.63, 3.8) is 0 Å². The SMILES string of the molecule is COc1ccc(N=Nc2ccc(OCCCCCCOc3ccc(N=Nc4ccc(OC)cc4)cc3)cc2)cc1. The fourth-order valence-corrected chi connectivity index (χ4v) is 3.68. The van der Waals surface area contributed by atoms with E-state index in [4.69, 9.17) is 18.9 Å². The van der Waals surface area contributed by atoms with Crippen LogP contribution in [0.15, 0.2) is 118 Å². The van der Waals surface area contributed by atoms with Gasteiger partial charge in [-0.2, -0.15) is 20.5 Å². The van der Waals surface area contributed by atoms with Crippen molar-refractivity contribution < 1.29 is 18.9 Å². The minimum Gasteiger partial charge on any atom is -0.497 e. The van der Waals surface area contributed by atoms with Gasteiger partial charge in [0.1, 0.15) is 23.0 Å². The number of nitrogens with zero attached hydrogens (tertiary/aromatic N) is 4. The van der Waals surface area contributed by atoms with Gasteiger partial charge in [-0.25, -0.2) is 0 Å². The topological polar surface area (TPSA) is 86.4 Å². The van der Waals surface area contributed by atoms with Gasteiger partial charge in [0.2, 0.25) is 0 Å². The molecule has 8 nitrogen and oxygen atoms in total. The molecule has 0 fully saturated rings. The molecule has 0 radical (unpaired) electrons. The van der Waals surface area contributed by atoms with Gasteiger partial charge < -0.3 is 18.9 Å². The predicted octanol–water partition coefficient (Wildman–Crippen LogP) is 9.55. The number of rotatable bonds is 15. The molecule has 0 atom stereocenters. The molecule has 4 aromatic rings. The molecule has 0 heterocycles. The van der Waals surface area contributed by atoms with E-state index in [1.807, 2.05) is 97.1 Å². The highest BCUT2D eigenvalue weighted by atomic mass is 16.5. The Labute approximate surface area is 235 Å². The Morgan fingerprint density at radius 3 is 0.925 bits per heavy atom. The molecule has 40 heavy (non-hydrogen) atoms. The second kappa shape index (κ2) is 15.6. The van der Waals surface area contributed by atoms with Crippen molar-refractivity contribution in [3.8, 4) is 23.0 Å². The molecule has 0 aliphatic rings. The minimum atomic E-state index is 0.681.